The van der Waals surface area contributed by atoms with E-state index < -0.39 is 5.97 Å². The van der Waals surface area contributed by atoms with Crippen LogP contribution in [-0.2, 0) is 16.6 Å². The highest BCUT2D eigenvalue weighted by atomic mass is 16.4. The van der Waals surface area contributed by atoms with Gasteiger partial charge in [-0.15, -0.1) is 0 Å². The van der Waals surface area contributed by atoms with Crippen molar-refractivity contribution >= 4 is 17.6 Å². The van der Waals surface area contributed by atoms with Crippen molar-refractivity contribution in [1.29, 1.82) is 0 Å². The molecular formula is C34H42N2O3. The zero-order valence-electron chi connectivity index (χ0n) is 23.5. The number of carboxylic acids is 1. The summed E-state index contributed by atoms with van der Waals surface area (Å²) in [6, 6.07) is 25.6. The zero-order valence-corrected chi connectivity index (χ0v) is 23.5. The molecule has 0 aromatic heterocycles. The van der Waals surface area contributed by atoms with Gasteiger partial charge in [0.25, 0.3) is 5.91 Å². The molecular weight excluding hydrogens is 484 g/mol. The molecule has 5 nitrogen and oxygen atoms in total. The Morgan fingerprint density at radius 1 is 0.872 bits per heavy atom. The quantitative estimate of drug-likeness (QED) is 0.254. The minimum absolute atomic E-state index is 0.0705. The van der Waals surface area contributed by atoms with Crippen molar-refractivity contribution in [2.75, 3.05) is 11.9 Å². The molecule has 0 heterocycles. The van der Waals surface area contributed by atoms with Gasteiger partial charge in [0.1, 0.15) is 0 Å². The predicted octanol–water partition coefficient (Wildman–Crippen LogP) is 7.63. The Morgan fingerprint density at radius 3 is 2.10 bits per heavy atom. The fourth-order valence-corrected chi connectivity index (χ4v) is 5.37. The van der Waals surface area contributed by atoms with Crippen molar-refractivity contribution in [3.8, 4) is 0 Å². The van der Waals surface area contributed by atoms with Gasteiger partial charge in [-0.25, -0.2) is 0 Å². The van der Waals surface area contributed by atoms with Gasteiger partial charge in [-0.3, -0.25) is 9.59 Å². The molecule has 3 N–H and O–H groups in total. The van der Waals surface area contributed by atoms with Gasteiger partial charge >= 0.3 is 5.97 Å². The summed E-state index contributed by atoms with van der Waals surface area (Å²) in [5, 5.41) is 15.1. The van der Waals surface area contributed by atoms with Crippen LogP contribution in [0.1, 0.15) is 104 Å². The van der Waals surface area contributed by atoms with Gasteiger partial charge in [0.15, 0.2) is 0 Å². The molecule has 0 bridgehead atoms. The summed E-state index contributed by atoms with van der Waals surface area (Å²) in [6.07, 6.45) is 7.34. The molecule has 5 heteroatoms. The van der Waals surface area contributed by atoms with Crippen LogP contribution in [-0.4, -0.2) is 23.5 Å². The minimum atomic E-state index is -0.930. The molecule has 1 aliphatic rings. The lowest BCUT2D eigenvalue weighted by atomic mass is 9.83. The van der Waals surface area contributed by atoms with Crippen molar-refractivity contribution < 1.29 is 14.7 Å². The number of nitrogens with one attached hydrogen (secondary N) is 2. The van der Waals surface area contributed by atoms with E-state index >= 15 is 0 Å². The smallest absolute Gasteiger partial charge is 0.305 e. The van der Waals surface area contributed by atoms with Crippen molar-refractivity contribution in [3.05, 3.63) is 101 Å². The van der Waals surface area contributed by atoms with Crippen molar-refractivity contribution in [3.63, 3.8) is 0 Å². The number of benzene rings is 3. The summed E-state index contributed by atoms with van der Waals surface area (Å²) in [7, 11) is 0. The third kappa shape index (κ3) is 8.19. The normalized spacial score (nSPS) is 14.9. The fourth-order valence-electron chi connectivity index (χ4n) is 5.37. The number of carbonyl (C=O) groups is 2. The van der Waals surface area contributed by atoms with Crippen LogP contribution in [0.5, 0.6) is 0 Å². The largest absolute Gasteiger partial charge is 0.481 e. The number of anilines is 1. The first-order valence-electron chi connectivity index (χ1n) is 14.2. The van der Waals surface area contributed by atoms with Gasteiger partial charge in [0, 0.05) is 17.8 Å². The number of aliphatic carboxylic acids is 1. The van der Waals surface area contributed by atoms with Crippen molar-refractivity contribution in [2.45, 2.75) is 83.1 Å². The molecule has 206 valence electrons. The van der Waals surface area contributed by atoms with Crippen LogP contribution in [0, 0.1) is 0 Å². The van der Waals surface area contributed by atoms with E-state index in [2.05, 4.69) is 79.9 Å². The molecule has 0 aliphatic heterocycles. The SMILES string of the molecule is CC(C)(C)c1ccc(CC(Nc2ccc(C(=O)NCCC(=O)O)cc2)c2ccc(C3CCCCC3)cc2)cc1. The zero-order chi connectivity index (χ0) is 27.8. The van der Waals surface area contributed by atoms with Crippen LogP contribution in [0.15, 0.2) is 72.8 Å². The monoisotopic (exact) mass is 526 g/mol. The van der Waals surface area contributed by atoms with Crippen LogP contribution in [0.3, 0.4) is 0 Å². The number of rotatable bonds is 10. The van der Waals surface area contributed by atoms with Crippen molar-refractivity contribution in [1.82, 2.24) is 5.32 Å². The van der Waals surface area contributed by atoms with E-state index in [0.717, 1.165) is 12.1 Å². The van der Waals surface area contributed by atoms with E-state index in [1.165, 1.54) is 54.4 Å². The molecule has 3 aromatic carbocycles. The molecule has 1 saturated carbocycles. The van der Waals surface area contributed by atoms with E-state index in [1.807, 2.05) is 12.1 Å². The highest BCUT2D eigenvalue weighted by Gasteiger charge is 2.19. The topological polar surface area (TPSA) is 78.4 Å². The molecule has 4 rings (SSSR count). The molecule has 1 fully saturated rings. The fraction of sp³-hybridized carbons (Fsp3) is 0.412. The third-order valence-corrected chi connectivity index (χ3v) is 7.79. The molecule has 0 saturated heterocycles. The van der Waals surface area contributed by atoms with Gasteiger partial charge in [0.2, 0.25) is 0 Å². The standard InChI is InChI=1S/C34H42N2O3/c1-34(2,3)29-17-9-24(10-18-29)23-31(27-13-11-26(12-14-27)25-7-5-4-6-8-25)36-30-19-15-28(16-20-30)33(39)35-22-21-32(37)38/h9-20,25,31,36H,4-8,21-23H2,1-3H3,(H,35,39)(H,37,38). The lowest BCUT2D eigenvalue weighted by molar-refractivity contribution is -0.136. The third-order valence-electron chi connectivity index (χ3n) is 7.79. The van der Waals surface area contributed by atoms with Gasteiger partial charge in [-0.05, 0) is 77.1 Å². The molecule has 1 unspecified atom stereocenters. The summed E-state index contributed by atoms with van der Waals surface area (Å²) in [6.45, 7) is 6.81. The second kappa shape index (κ2) is 13.0. The average Bonchev–Trinajstić information content (AvgIpc) is 2.93. The maximum Gasteiger partial charge on any atom is 0.305 e. The van der Waals surface area contributed by atoms with E-state index in [4.69, 9.17) is 5.11 Å². The molecule has 0 radical (unpaired) electrons. The Kier molecular flexibility index (Phi) is 9.45. The lowest BCUT2D eigenvalue weighted by Crippen LogP contribution is -2.25. The molecule has 1 aliphatic carbocycles. The van der Waals surface area contributed by atoms with Gasteiger partial charge in [-0.1, -0.05) is 88.6 Å². The number of carbonyl (C=O) groups excluding carboxylic acids is 1. The number of carboxylic acid groups (broad SMARTS) is 1. The number of hydrogen-bond donors (Lipinski definition) is 3. The predicted molar refractivity (Wildman–Crippen MR) is 159 cm³/mol. The first kappa shape index (κ1) is 28.4. The first-order chi connectivity index (χ1) is 18.7. The van der Waals surface area contributed by atoms with Gasteiger partial charge in [-0.2, -0.15) is 0 Å². The highest BCUT2D eigenvalue weighted by Crippen LogP contribution is 2.34. The highest BCUT2D eigenvalue weighted by molar-refractivity contribution is 5.94. The van der Waals surface area contributed by atoms with E-state index in [0.29, 0.717) is 11.5 Å². The summed E-state index contributed by atoms with van der Waals surface area (Å²) in [5.41, 5.74) is 6.85. The van der Waals surface area contributed by atoms with Crippen molar-refractivity contribution in [2.24, 2.45) is 0 Å². The average molecular weight is 527 g/mol. The van der Waals surface area contributed by atoms with Crippen LogP contribution >= 0.6 is 0 Å². The Balaban J connectivity index is 1.51. The number of amides is 1. The van der Waals surface area contributed by atoms with E-state index in [1.54, 1.807) is 12.1 Å². The summed E-state index contributed by atoms with van der Waals surface area (Å²) < 4.78 is 0. The Labute approximate surface area is 233 Å². The Morgan fingerprint density at radius 2 is 1.51 bits per heavy atom. The summed E-state index contributed by atoms with van der Waals surface area (Å²) >= 11 is 0. The van der Waals surface area contributed by atoms with Gasteiger partial charge < -0.3 is 15.7 Å². The molecule has 3 aromatic rings. The van der Waals surface area contributed by atoms with Gasteiger partial charge in [0.05, 0.1) is 12.5 Å². The summed E-state index contributed by atoms with van der Waals surface area (Å²) in [5.74, 6) is -0.518. The van der Waals surface area contributed by atoms with E-state index in [-0.39, 0.29) is 30.3 Å². The molecule has 39 heavy (non-hydrogen) atoms. The minimum Gasteiger partial charge on any atom is -0.481 e. The second-order valence-corrected chi connectivity index (χ2v) is 11.8. The Bertz CT molecular complexity index is 1220. The first-order valence-corrected chi connectivity index (χ1v) is 14.2. The van der Waals surface area contributed by atoms with Crippen LogP contribution in [0.2, 0.25) is 0 Å². The maximum atomic E-state index is 12.4. The number of hydrogen-bond acceptors (Lipinski definition) is 3. The Hall–Kier alpha value is -3.60. The molecule has 1 atom stereocenters. The van der Waals surface area contributed by atoms with E-state index in [9.17, 15) is 9.59 Å². The summed E-state index contributed by atoms with van der Waals surface area (Å²) in [4.78, 5) is 23.1. The second-order valence-electron chi connectivity index (χ2n) is 11.8. The maximum absolute atomic E-state index is 12.4. The van der Waals surface area contributed by atoms with Crippen LogP contribution in [0.25, 0.3) is 0 Å². The lowest BCUT2D eigenvalue weighted by Gasteiger charge is -2.25. The molecule has 1 amide bonds. The van der Waals surface area contributed by atoms with Crippen LogP contribution < -0.4 is 10.6 Å². The molecule has 0 spiro atoms. The van der Waals surface area contributed by atoms with Crippen LogP contribution in [0.4, 0.5) is 5.69 Å².